The highest BCUT2D eigenvalue weighted by molar-refractivity contribution is 5.93. The van der Waals surface area contributed by atoms with Crippen molar-refractivity contribution in [3.63, 3.8) is 0 Å². The lowest BCUT2D eigenvalue weighted by atomic mass is 10.1. The van der Waals surface area contributed by atoms with Crippen LogP contribution in [-0.4, -0.2) is 38.3 Å². The molecular weight excluding hydrogens is 561 g/mol. The molecule has 1 aliphatic heterocycles. The smallest absolute Gasteiger partial charge is 0.338 e. The SMILES string of the molecule is N#Cc1ccc(COc2cccc(-c3ccc(Cc4nc5ccc(C(=O)O)c(F)c5n4C[C@@H]4CCO4)c(F)c3)n2)c(F)c1. The molecule has 3 aromatic carbocycles. The van der Waals surface area contributed by atoms with Crippen molar-refractivity contribution in [2.24, 2.45) is 0 Å². The first-order valence-electron chi connectivity index (χ1n) is 13.4. The van der Waals surface area contributed by atoms with Crippen LogP contribution in [0.15, 0.2) is 66.7 Å². The number of carboxylic acid groups (broad SMARTS) is 1. The average Bonchev–Trinajstić information content (AvgIpc) is 3.32. The lowest BCUT2D eigenvalue weighted by Gasteiger charge is -2.27. The molecule has 1 fully saturated rings. The molecule has 8 nitrogen and oxygen atoms in total. The molecule has 0 saturated carbocycles. The van der Waals surface area contributed by atoms with Crippen LogP contribution in [-0.2, 0) is 24.3 Å². The number of benzene rings is 3. The average molecular weight is 585 g/mol. The van der Waals surface area contributed by atoms with Crippen LogP contribution >= 0.6 is 0 Å². The number of halogens is 3. The zero-order valence-electron chi connectivity index (χ0n) is 22.6. The standard InChI is InChI=1S/C32H23F3N4O4/c33-24-12-18(15-36)4-5-21(24)17-43-29-3-1-2-26(38-29)20-7-6-19(25(34)13-20)14-28-37-27-9-8-23(32(40)41)30(35)31(27)39(28)16-22-10-11-42-22/h1-9,12-13,22H,10-11,14,16-17H2,(H,40,41)/t22-/m0/s1. The van der Waals surface area contributed by atoms with E-state index >= 15 is 8.78 Å². The summed E-state index contributed by atoms with van der Waals surface area (Å²) in [6.45, 7) is 0.732. The number of pyridine rings is 1. The molecule has 0 spiro atoms. The van der Waals surface area contributed by atoms with Crippen LogP contribution in [0.3, 0.4) is 0 Å². The van der Waals surface area contributed by atoms with E-state index in [0.717, 1.165) is 12.5 Å². The van der Waals surface area contributed by atoms with E-state index in [4.69, 9.17) is 14.7 Å². The monoisotopic (exact) mass is 584 g/mol. The number of ether oxygens (including phenoxy) is 2. The van der Waals surface area contributed by atoms with Gasteiger partial charge in [0.05, 0.1) is 41.1 Å². The first-order valence-corrected chi connectivity index (χ1v) is 13.4. The van der Waals surface area contributed by atoms with Crippen LogP contribution < -0.4 is 4.74 Å². The Balaban J connectivity index is 1.25. The maximum atomic E-state index is 15.4. The van der Waals surface area contributed by atoms with Gasteiger partial charge in [0.25, 0.3) is 0 Å². The summed E-state index contributed by atoms with van der Waals surface area (Å²) in [4.78, 5) is 20.5. The van der Waals surface area contributed by atoms with E-state index in [1.165, 1.54) is 30.3 Å². The number of hydrogen-bond acceptors (Lipinski definition) is 6. The Morgan fingerprint density at radius 2 is 1.84 bits per heavy atom. The zero-order valence-corrected chi connectivity index (χ0v) is 22.6. The molecule has 2 aromatic heterocycles. The molecule has 6 rings (SSSR count). The summed E-state index contributed by atoms with van der Waals surface area (Å²) in [5.74, 6) is -2.79. The van der Waals surface area contributed by atoms with Gasteiger partial charge in [-0.15, -0.1) is 0 Å². The van der Waals surface area contributed by atoms with Crippen molar-refractivity contribution in [1.29, 1.82) is 5.26 Å². The van der Waals surface area contributed by atoms with Crippen LogP contribution in [0.1, 0.15) is 39.3 Å². The summed E-state index contributed by atoms with van der Waals surface area (Å²) in [7, 11) is 0. The first kappa shape index (κ1) is 27.9. The van der Waals surface area contributed by atoms with Crippen LogP contribution in [0.25, 0.3) is 22.3 Å². The molecule has 0 bridgehead atoms. The Morgan fingerprint density at radius 3 is 2.53 bits per heavy atom. The Kier molecular flexibility index (Phi) is 7.52. The van der Waals surface area contributed by atoms with Crippen LogP contribution in [0.5, 0.6) is 5.88 Å². The second kappa shape index (κ2) is 11.6. The number of aromatic carboxylic acids is 1. The summed E-state index contributed by atoms with van der Waals surface area (Å²) < 4.78 is 57.7. The highest BCUT2D eigenvalue weighted by Gasteiger charge is 2.26. The van der Waals surface area contributed by atoms with Gasteiger partial charge in [-0.25, -0.2) is 27.9 Å². The Labute approximate surface area is 243 Å². The summed E-state index contributed by atoms with van der Waals surface area (Å²) >= 11 is 0. The molecule has 5 aromatic rings. The van der Waals surface area contributed by atoms with Gasteiger partial charge in [0.2, 0.25) is 5.88 Å². The van der Waals surface area contributed by atoms with E-state index < -0.39 is 29.0 Å². The number of carbonyl (C=O) groups is 1. The number of imidazole rings is 1. The van der Waals surface area contributed by atoms with Gasteiger partial charge >= 0.3 is 5.97 Å². The highest BCUT2D eigenvalue weighted by Crippen LogP contribution is 2.29. The van der Waals surface area contributed by atoms with Crippen molar-refractivity contribution >= 4 is 17.0 Å². The highest BCUT2D eigenvalue weighted by atomic mass is 19.1. The minimum atomic E-state index is -1.39. The van der Waals surface area contributed by atoms with E-state index in [9.17, 15) is 14.3 Å². The van der Waals surface area contributed by atoms with E-state index in [1.54, 1.807) is 34.9 Å². The van der Waals surface area contributed by atoms with E-state index in [1.807, 2.05) is 6.07 Å². The molecular formula is C32H23F3N4O4. The van der Waals surface area contributed by atoms with Crippen molar-refractivity contribution in [2.75, 3.05) is 6.61 Å². The second-order valence-electron chi connectivity index (χ2n) is 10.1. The van der Waals surface area contributed by atoms with Gasteiger partial charge in [-0.1, -0.05) is 24.3 Å². The molecule has 3 heterocycles. The lowest BCUT2D eigenvalue weighted by Crippen LogP contribution is -2.32. The minimum absolute atomic E-state index is 0.0299. The van der Waals surface area contributed by atoms with Gasteiger partial charge in [-0.05, 0) is 48.4 Å². The molecule has 1 N–H and O–H groups in total. The van der Waals surface area contributed by atoms with Gasteiger partial charge in [0, 0.05) is 30.2 Å². The number of hydrogen-bond donors (Lipinski definition) is 1. The number of carboxylic acids is 1. The summed E-state index contributed by atoms with van der Waals surface area (Å²) in [5, 5.41) is 18.3. The normalized spacial score (nSPS) is 14.3. The maximum absolute atomic E-state index is 15.4. The number of fused-ring (bicyclic) bond motifs is 1. The fourth-order valence-corrected chi connectivity index (χ4v) is 4.92. The fourth-order valence-electron chi connectivity index (χ4n) is 4.92. The van der Waals surface area contributed by atoms with Crippen LogP contribution in [0.2, 0.25) is 0 Å². The molecule has 43 heavy (non-hydrogen) atoms. The summed E-state index contributed by atoms with van der Waals surface area (Å²) in [6.07, 6.45) is 0.619. The molecule has 0 aliphatic carbocycles. The molecule has 1 aliphatic rings. The predicted molar refractivity (Wildman–Crippen MR) is 149 cm³/mol. The third-order valence-electron chi connectivity index (χ3n) is 7.31. The van der Waals surface area contributed by atoms with E-state index in [2.05, 4.69) is 9.97 Å². The minimum Gasteiger partial charge on any atom is -0.478 e. The molecule has 0 unspecified atom stereocenters. The number of nitriles is 1. The second-order valence-corrected chi connectivity index (χ2v) is 10.1. The molecule has 216 valence electrons. The zero-order chi connectivity index (χ0) is 30.1. The van der Waals surface area contributed by atoms with E-state index in [-0.39, 0.29) is 53.7 Å². The van der Waals surface area contributed by atoms with Gasteiger partial charge in [0.1, 0.15) is 29.6 Å². The fraction of sp³-hybridized carbons (Fsp3) is 0.188. The summed E-state index contributed by atoms with van der Waals surface area (Å²) in [6, 6.07) is 18.2. The van der Waals surface area contributed by atoms with Gasteiger partial charge in [-0.2, -0.15) is 5.26 Å². The molecule has 1 atom stereocenters. The predicted octanol–water partition coefficient (Wildman–Crippen LogP) is 6.04. The quantitative estimate of drug-likeness (QED) is 0.225. The number of nitrogens with zero attached hydrogens (tertiary/aromatic N) is 4. The first-order chi connectivity index (χ1) is 20.8. The lowest BCUT2D eigenvalue weighted by molar-refractivity contribution is -0.0590. The molecule has 11 heteroatoms. The van der Waals surface area contributed by atoms with E-state index in [0.29, 0.717) is 29.3 Å². The third kappa shape index (κ3) is 5.65. The summed E-state index contributed by atoms with van der Waals surface area (Å²) in [5.41, 5.74) is 1.53. The largest absolute Gasteiger partial charge is 0.478 e. The molecule has 0 amide bonds. The Hall–Kier alpha value is -5.21. The van der Waals surface area contributed by atoms with Crippen molar-refractivity contribution in [3.05, 3.63) is 112 Å². The number of aromatic nitrogens is 3. The van der Waals surface area contributed by atoms with Gasteiger partial charge in [-0.3, -0.25) is 0 Å². The topological polar surface area (TPSA) is 110 Å². The number of rotatable bonds is 9. The van der Waals surface area contributed by atoms with Crippen LogP contribution in [0.4, 0.5) is 13.2 Å². The molecule has 1 saturated heterocycles. The Morgan fingerprint density at radius 1 is 1.05 bits per heavy atom. The maximum Gasteiger partial charge on any atom is 0.338 e. The Bertz CT molecular complexity index is 1910. The molecule has 0 radical (unpaired) electrons. The van der Waals surface area contributed by atoms with Gasteiger partial charge < -0.3 is 19.1 Å². The third-order valence-corrected chi connectivity index (χ3v) is 7.31. The van der Waals surface area contributed by atoms with Gasteiger partial charge in [0.15, 0.2) is 5.82 Å². The van der Waals surface area contributed by atoms with Crippen molar-refractivity contribution in [1.82, 2.24) is 14.5 Å². The van der Waals surface area contributed by atoms with Crippen molar-refractivity contribution in [3.8, 4) is 23.2 Å². The van der Waals surface area contributed by atoms with Crippen LogP contribution in [0, 0.1) is 28.8 Å². The van der Waals surface area contributed by atoms with Crippen molar-refractivity contribution < 1.29 is 32.5 Å². The van der Waals surface area contributed by atoms with Crippen molar-refractivity contribution in [2.45, 2.75) is 32.1 Å².